The highest BCUT2D eigenvalue weighted by Gasteiger charge is 2.21. The SMILES string of the molecule is CCCOC(=O)C(C)n1cc([N+](=O)[O-])c(C)cc1=O. The Morgan fingerprint density at radius 2 is 2.21 bits per heavy atom. The third kappa shape index (κ3) is 3.40. The minimum atomic E-state index is -0.890. The number of carbonyl (C=O) groups excluding carboxylic acids is 1. The van der Waals surface area contributed by atoms with Crippen LogP contribution in [0.4, 0.5) is 5.69 Å². The Kier molecular flexibility index (Phi) is 4.80. The molecule has 1 unspecified atom stereocenters. The summed E-state index contributed by atoms with van der Waals surface area (Å²) in [5, 5.41) is 10.8. The van der Waals surface area contributed by atoms with Gasteiger partial charge in [-0.2, -0.15) is 0 Å². The molecule has 0 saturated carbocycles. The number of nitro groups is 1. The molecule has 0 saturated heterocycles. The minimum absolute atomic E-state index is 0.199. The Morgan fingerprint density at radius 3 is 2.74 bits per heavy atom. The maximum absolute atomic E-state index is 11.8. The first-order valence-electron chi connectivity index (χ1n) is 5.92. The third-order valence-corrected chi connectivity index (χ3v) is 2.66. The van der Waals surface area contributed by atoms with Crippen molar-refractivity contribution in [2.75, 3.05) is 6.61 Å². The van der Waals surface area contributed by atoms with E-state index in [9.17, 15) is 19.7 Å². The first-order valence-corrected chi connectivity index (χ1v) is 5.92. The van der Waals surface area contributed by atoms with Gasteiger partial charge in [0.15, 0.2) is 0 Å². The number of rotatable bonds is 5. The molecule has 1 aromatic heterocycles. The fraction of sp³-hybridized carbons (Fsp3) is 0.500. The van der Waals surface area contributed by atoms with Crippen molar-refractivity contribution in [3.8, 4) is 0 Å². The highest BCUT2D eigenvalue weighted by molar-refractivity contribution is 5.73. The van der Waals surface area contributed by atoms with Gasteiger partial charge in [-0.3, -0.25) is 19.5 Å². The summed E-state index contributed by atoms with van der Waals surface area (Å²) in [4.78, 5) is 33.7. The van der Waals surface area contributed by atoms with Gasteiger partial charge in [-0.25, -0.2) is 4.79 Å². The average Bonchev–Trinajstić information content (AvgIpc) is 2.34. The zero-order valence-corrected chi connectivity index (χ0v) is 11.1. The summed E-state index contributed by atoms with van der Waals surface area (Å²) < 4.78 is 5.94. The van der Waals surface area contributed by atoms with Crippen LogP contribution < -0.4 is 5.56 Å². The number of hydrogen-bond donors (Lipinski definition) is 0. The Hall–Kier alpha value is -2.18. The molecule has 0 fully saturated rings. The zero-order chi connectivity index (χ0) is 14.6. The van der Waals surface area contributed by atoms with E-state index in [2.05, 4.69) is 0 Å². The van der Waals surface area contributed by atoms with Crippen LogP contribution in [0.5, 0.6) is 0 Å². The predicted molar refractivity (Wildman–Crippen MR) is 68.1 cm³/mol. The van der Waals surface area contributed by atoms with E-state index < -0.39 is 22.5 Å². The lowest BCUT2D eigenvalue weighted by atomic mass is 10.2. The Labute approximate surface area is 110 Å². The van der Waals surface area contributed by atoms with Crippen molar-refractivity contribution in [3.05, 3.63) is 38.3 Å². The number of esters is 1. The van der Waals surface area contributed by atoms with Gasteiger partial charge in [0, 0.05) is 11.6 Å². The summed E-state index contributed by atoms with van der Waals surface area (Å²) >= 11 is 0. The third-order valence-electron chi connectivity index (χ3n) is 2.66. The van der Waals surface area contributed by atoms with Crippen molar-refractivity contribution in [3.63, 3.8) is 0 Å². The standard InChI is InChI=1S/C12H16N2O5/c1-4-5-19-12(16)9(3)13-7-10(14(17)18)8(2)6-11(13)15/h6-7,9H,4-5H2,1-3H3. The molecule has 104 valence electrons. The molecule has 0 aliphatic heterocycles. The zero-order valence-electron chi connectivity index (χ0n) is 11.1. The van der Waals surface area contributed by atoms with Gasteiger partial charge in [0.1, 0.15) is 6.04 Å². The number of ether oxygens (including phenoxy) is 1. The number of nitrogens with zero attached hydrogens (tertiary/aromatic N) is 2. The number of hydrogen-bond acceptors (Lipinski definition) is 5. The van der Waals surface area contributed by atoms with Crippen molar-refractivity contribution < 1.29 is 14.5 Å². The van der Waals surface area contributed by atoms with Gasteiger partial charge in [0.2, 0.25) is 0 Å². The molecular weight excluding hydrogens is 252 g/mol. The number of aromatic nitrogens is 1. The van der Waals surface area contributed by atoms with Gasteiger partial charge in [0.25, 0.3) is 11.2 Å². The molecule has 0 aromatic carbocycles. The molecule has 7 heteroatoms. The number of pyridine rings is 1. The average molecular weight is 268 g/mol. The fourth-order valence-electron chi connectivity index (χ4n) is 1.56. The highest BCUT2D eigenvalue weighted by Crippen LogP contribution is 2.17. The number of carbonyl (C=O) groups is 1. The van der Waals surface area contributed by atoms with E-state index in [1.807, 2.05) is 6.92 Å². The summed E-state index contributed by atoms with van der Waals surface area (Å²) in [5.41, 5.74) is -0.404. The highest BCUT2D eigenvalue weighted by atomic mass is 16.6. The molecular formula is C12H16N2O5. The van der Waals surface area contributed by atoms with Gasteiger partial charge in [-0.1, -0.05) is 6.92 Å². The van der Waals surface area contributed by atoms with Crippen molar-refractivity contribution in [2.45, 2.75) is 33.2 Å². The van der Waals surface area contributed by atoms with Crippen LogP contribution in [0.15, 0.2) is 17.1 Å². The second-order valence-corrected chi connectivity index (χ2v) is 4.19. The topological polar surface area (TPSA) is 91.4 Å². The van der Waals surface area contributed by atoms with Crippen LogP contribution in [-0.4, -0.2) is 22.1 Å². The molecule has 0 radical (unpaired) electrons. The van der Waals surface area contributed by atoms with Gasteiger partial charge in [-0.15, -0.1) is 0 Å². The Morgan fingerprint density at radius 1 is 1.58 bits per heavy atom. The molecule has 0 spiro atoms. The quantitative estimate of drug-likeness (QED) is 0.459. The molecule has 19 heavy (non-hydrogen) atoms. The van der Waals surface area contributed by atoms with Gasteiger partial charge in [-0.05, 0) is 20.3 Å². The Balaban J connectivity index is 3.13. The summed E-state index contributed by atoms with van der Waals surface area (Å²) in [6, 6.07) is 0.250. The van der Waals surface area contributed by atoms with E-state index in [1.54, 1.807) is 0 Å². The molecule has 0 N–H and O–H groups in total. The lowest BCUT2D eigenvalue weighted by Gasteiger charge is -2.14. The summed E-state index contributed by atoms with van der Waals surface area (Å²) in [6.45, 7) is 5.05. The normalized spacial score (nSPS) is 11.9. The number of aryl methyl sites for hydroxylation is 1. The van der Waals surface area contributed by atoms with E-state index in [1.165, 1.54) is 13.8 Å². The van der Waals surface area contributed by atoms with Crippen LogP contribution in [0.25, 0.3) is 0 Å². The fourth-order valence-corrected chi connectivity index (χ4v) is 1.56. The van der Waals surface area contributed by atoms with E-state index in [0.717, 1.165) is 16.8 Å². The molecule has 1 heterocycles. The lowest BCUT2D eigenvalue weighted by molar-refractivity contribution is -0.386. The summed E-state index contributed by atoms with van der Waals surface area (Å²) in [7, 11) is 0. The van der Waals surface area contributed by atoms with Crippen LogP contribution in [0.1, 0.15) is 31.9 Å². The minimum Gasteiger partial charge on any atom is -0.464 e. The molecule has 0 aliphatic carbocycles. The second-order valence-electron chi connectivity index (χ2n) is 4.19. The molecule has 0 amide bonds. The van der Waals surface area contributed by atoms with E-state index in [4.69, 9.17) is 4.74 Å². The van der Waals surface area contributed by atoms with Crippen LogP contribution in [0.3, 0.4) is 0 Å². The Bertz CT molecular complexity index is 550. The smallest absolute Gasteiger partial charge is 0.328 e. The summed E-state index contributed by atoms with van der Waals surface area (Å²) in [6.07, 6.45) is 1.75. The summed E-state index contributed by atoms with van der Waals surface area (Å²) in [5.74, 6) is -0.581. The first kappa shape index (κ1) is 14.9. The second kappa shape index (κ2) is 6.12. The van der Waals surface area contributed by atoms with Crippen LogP contribution in [0.2, 0.25) is 0 Å². The molecule has 1 atom stereocenters. The van der Waals surface area contributed by atoms with Gasteiger partial charge >= 0.3 is 5.97 Å². The largest absolute Gasteiger partial charge is 0.464 e. The van der Waals surface area contributed by atoms with Crippen molar-refractivity contribution in [1.82, 2.24) is 4.57 Å². The van der Waals surface area contributed by atoms with Crippen LogP contribution >= 0.6 is 0 Å². The molecule has 0 bridgehead atoms. The molecule has 0 aliphatic rings. The van der Waals surface area contributed by atoms with Gasteiger partial charge < -0.3 is 4.74 Å². The van der Waals surface area contributed by atoms with Crippen LogP contribution in [-0.2, 0) is 9.53 Å². The maximum Gasteiger partial charge on any atom is 0.328 e. The lowest BCUT2D eigenvalue weighted by Crippen LogP contribution is -2.29. The van der Waals surface area contributed by atoms with Crippen molar-refractivity contribution in [1.29, 1.82) is 0 Å². The van der Waals surface area contributed by atoms with E-state index >= 15 is 0 Å². The predicted octanol–water partition coefficient (Wildman–Crippen LogP) is 1.58. The van der Waals surface area contributed by atoms with E-state index in [0.29, 0.717) is 6.42 Å². The molecule has 1 aromatic rings. The maximum atomic E-state index is 11.8. The molecule has 1 rings (SSSR count). The van der Waals surface area contributed by atoms with Crippen molar-refractivity contribution >= 4 is 11.7 Å². The monoisotopic (exact) mass is 268 g/mol. The first-order chi connectivity index (χ1) is 8.88. The molecule has 7 nitrogen and oxygen atoms in total. The van der Waals surface area contributed by atoms with Crippen molar-refractivity contribution in [2.24, 2.45) is 0 Å². The van der Waals surface area contributed by atoms with Gasteiger partial charge in [0.05, 0.1) is 17.7 Å². The van der Waals surface area contributed by atoms with E-state index in [-0.39, 0.29) is 17.9 Å². The van der Waals surface area contributed by atoms with Crippen LogP contribution in [0, 0.1) is 17.0 Å².